The van der Waals surface area contributed by atoms with Gasteiger partial charge < -0.3 is 10.6 Å². The molecule has 6 heteroatoms. The molecular weight excluding hydrogens is 351 g/mol. The molecule has 1 fully saturated rings. The van der Waals surface area contributed by atoms with Gasteiger partial charge in [-0.1, -0.05) is 58.4 Å². The fraction of sp³-hybridized carbons (Fsp3) is 0.462. The van der Waals surface area contributed by atoms with E-state index in [9.17, 15) is 4.79 Å². The molecule has 0 spiro atoms. The van der Waals surface area contributed by atoms with Gasteiger partial charge in [0.05, 0.1) is 15.7 Å². The number of urea groups is 1. The number of hydrogen-bond acceptors (Lipinski definition) is 1. The lowest BCUT2D eigenvalue weighted by atomic mass is 9.96. The zero-order valence-electron chi connectivity index (χ0n) is 10.3. The summed E-state index contributed by atoms with van der Waals surface area (Å²) >= 11 is 15.4. The Bertz CT molecular complexity index is 453. The van der Waals surface area contributed by atoms with Crippen molar-refractivity contribution in [2.75, 3.05) is 5.32 Å². The summed E-state index contributed by atoms with van der Waals surface area (Å²) in [7, 11) is 0. The second kappa shape index (κ2) is 6.82. The van der Waals surface area contributed by atoms with Crippen LogP contribution in [0.5, 0.6) is 0 Å². The number of nitrogens with one attached hydrogen (secondary N) is 2. The molecule has 0 radical (unpaired) electrons. The Morgan fingerprint density at radius 3 is 2.32 bits per heavy atom. The lowest BCUT2D eigenvalue weighted by molar-refractivity contribution is 0.244. The second-order valence-electron chi connectivity index (χ2n) is 4.68. The van der Waals surface area contributed by atoms with Gasteiger partial charge in [0, 0.05) is 10.5 Å². The van der Waals surface area contributed by atoms with Crippen LogP contribution in [-0.2, 0) is 0 Å². The molecule has 104 valence electrons. The maximum Gasteiger partial charge on any atom is 0.319 e. The third kappa shape index (κ3) is 4.26. The maximum absolute atomic E-state index is 11.9. The highest BCUT2D eigenvalue weighted by Gasteiger charge is 2.17. The molecule has 0 heterocycles. The summed E-state index contributed by atoms with van der Waals surface area (Å²) in [5, 5.41) is 6.51. The highest BCUT2D eigenvalue weighted by Crippen LogP contribution is 2.33. The van der Waals surface area contributed by atoms with Gasteiger partial charge >= 0.3 is 6.03 Å². The largest absolute Gasteiger partial charge is 0.335 e. The van der Waals surface area contributed by atoms with E-state index in [0.717, 1.165) is 17.3 Å². The molecule has 19 heavy (non-hydrogen) atoms. The van der Waals surface area contributed by atoms with Crippen LogP contribution in [0.2, 0.25) is 10.0 Å². The summed E-state index contributed by atoms with van der Waals surface area (Å²) in [6, 6.07) is 3.40. The first-order valence-corrected chi connectivity index (χ1v) is 7.83. The summed E-state index contributed by atoms with van der Waals surface area (Å²) in [6.45, 7) is 0. The van der Waals surface area contributed by atoms with Crippen LogP contribution in [0.1, 0.15) is 32.1 Å². The predicted octanol–water partition coefficient (Wildman–Crippen LogP) is 5.21. The van der Waals surface area contributed by atoms with E-state index in [4.69, 9.17) is 23.2 Å². The Labute approximate surface area is 131 Å². The molecule has 0 saturated heterocycles. The van der Waals surface area contributed by atoms with Gasteiger partial charge in [0.2, 0.25) is 0 Å². The van der Waals surface area contributed by atoms with Gasteiger partial charge in [-0.25, -0.2) is 4.79 Å². The lowest BCUT2D eigenvalue weighted by Crippen LogP contribution is -2.39. The van der Waals surface area contributed by atoms with E-state index in [1.165, 1.54) is 19.3 Å². The number of halogens is 3. The number of anilines is 1. The Morgan fingerprint density at radius 2 is 1.74 bits per heavy atom. The first kappa shape index (κ1) is 14.9. The minimum absolute atomic E-state index is 0.252. The van der Waals surface area contributed by atoms with Gasteiger partial charge in [-0.05, 0) is 25.0 Å². The summed E-state index contributed by atoms with van der Waals surface area (Å²) in [4.78, 5) is 11.9. The first-order valence-electron chi connectivity index (χ1n) is 6.28. The molecule has 3 nitrogen and oxygen atoms in total. The highest BCUT2D eigenvalue weighted by atomic mass is 79.9. The van der Waals surface area contributed by atoms with Crippen LogP contribution in [0.4, 0.5) is 10.5 Å². The van der Waals surface area contributed by atoms with Crippen LogP contribution >= 0.6 is 39.1 Å². The molecule has 0 unspecified atom stereocenters. The minimum atomic E-state index is -0.252. The zero-order valence-corrected chi connectivity index (χ0v) is 13.4. The molecule has 2 N–H and O–H groups in total. The van der Waals surface area contributed by atoms with Gasteiger partial charge in [0.1, 0.15) is 0 Å². The summed E-state index contributed by atoms with van der Waals surface area (Å²) < 4.78 is 0.778. The van der Waals surface area contributed by atoms with Crippen LogP contribution in [-0.4, -0.2) is 12.1 Å². The SMILES string of the molecule is O=C(Nc1c(Cl)cc(Br)cc1Cl)NC1CCCCC1. The molecule has 0 aromatic heterocycles. The molecule has 2 amide bonds. The predicted molar refractivity (Wildman–Crippen MR) is 83.2 cm³/mol. The molecule has 1 aromatic carbocycles. The molecule has 1 aliphatic rings. The van der Waals surface area contributed by atoms with E-state index in [1.54, 1.807) is 12.1 Å². The Kier molecular flexibility index (Phi) is 5.37. The van der Waals surface area contributed by atoms with Crippen molar-refractivity contribution in [2.45, 2.75) is 38.1 Å². The average molecular weight is 366 g/mol. The summed E-state index contributed by atoms with van der Waals surface area (Å²) in [5.41, 5.74) is 0.444. The first-order chi connectivity index (χ1) is 9.06. The molecule has 1 aromatic rings. The van der Waals surface area contributed by atoms with Crippen LogP contribution in [0.25, 0.3) is 0 Å². The van der Waals surface area contributed by atoms with Gasteiger partial charge in [-0.3, -0.25) is 0 Å². The molecule has 1 aliphatic carbocycles. The van der Waals surface area contributed by atoms with Crippen LogP contribution in [0.15, 0.2) is 16.6 Å². The Hall–Kier alpha value is -0.450. The normalized spacial score (nSPS) is 16.2. The Morgan fingerprint density at radius 1 is 1.16 bits per heavy atom. The van der Waals surface area contributed by atoms with E-state index >= 15 is 0 Å². The van der Waals surface area contributed by atoms with Crippen molar-refractivity contribution in [3.8, 4) is 0 Å². The van der Waals surface area contributed by atoms with Gasteiger partial charge in [0.25, 0.3) is 0 Å². The molecule has 0 bridgehead atoms. The third-order valence-corrected chi connectivity index (χ3v) is 4.24. The van der Waals surface area contributed by atoms with Gasteiger partial charge in [-0.15, -0.1) is 0 Å². The van der Waals surface area contributed by atoms with E-state index in [1.807, 2.05) is 0 Å². The molecular formula is C13H15BrCl2N2O. The standard InChI is InChI=1S/C13H15BrCl2N2O/c14-8-6-10(15)12(11(16)7-8)18-13(19)17-9-4-2-1-3-5-9/h6-7,9H,1-5H2,(H2,17,18,19). The van der Waals surface area contributed by atoms with Crippen LogP contribution < -0.4 is 10.6 Å². The van der Waals surface area contributed by atoms with Crippen molar-refractivity contribution in [3.63, 3.8) is 0 Å². The van der Waals surface area contributed by atoms with Crippen molar-refractivity contribution >= 4 is 50.9 Å². The third-order valence-electron chi connectivity index (χ3n) is 3.19. The highest BCUT2D eigenvalue weighted by molar-refractivity contribution is 9.10. The minimum Gasteiger partial charge on any atom is -0.335 e. The molecule has 1 saturated carbocycles. The number of amides is 2. The quantitative estimate of drug-likeness (QED) is 0.741. The van der Waals surface area contributed by atoms with Crippen molar-refractivity contribution in [1.82, 2.24) is 5.32 Å². The van der Waals surface area contributed by atoms with E-state index in [2.05, 4.69) is 26.6 Å². The fourth-order valence-corrected chi connectivity index (χ4v) is 3.55. The average Bonchev–Trinajstić information content (AvgIpc) is 2.35. The van der Waals surface area contributed by atoms with Crippen LogP contribution in [0.3, 0.4) is 0 Å². The smallest absolute Gasteiger partial charge is 0.319 e. The van der Waals surface area contributed by atoms with E-state index < -0.39 is 0 Å². The Balaban J connectivity index is 1.98. The van der Waals surface area contributed by atoms with Gasteiger partial charge in [-0.2, -0.15) is 0 Å². The van der Waals surface area contributed by atoms with Crippen molar-refractivity contribution in [3.05, 3.63) is 26.7 Å². The second-order valence-corrected chi connectivity index (χ2v) is 6.41. The lowest BCUT2D eigenvalue weighted by Gasteiger charge is -2.23. The number of carbonyl (C=O) groups excluding carboxylic acids is 1. The molecule has 0 atom stereocenters. The topological polar surface area (TPSA) is 41.1 Å². The molecule has 0 aliphatic heterocycles. The van der Waals surface area contributed by atoms with Gasteiger partial charge in [0.15, 0.2) is 0 Å². The van der Waals surface area contributed by atoms with Crippen molar-refractivity contribution in [1.29, 1.82) is 0 Å². The number of rotatable bonds is 2. The van der Waals surface area contributed by atoms with Crippen molar-refractivity contribution in [2.24, 2.45) is 0 Å². The summed E-state index contributed by atoms with van der Waals surface area (Å²) in [5.74, 6) is 0. The van der Waals surface area contributed by atoms with E-state index in [-0.39, 0.29) is 12.1 Å². The van der Waals surface area contributed by atoms with Crippen LogP contribution in [0, 0.1) is 0 Å². The number of hydrogen-bond donors (Lipinski definition) is 2. The summed E-state index contributed by atoms with van der Waals surface area (Å²) in [6.07, 6.45) is 5.67. The number of benzene rings is 1. The molecule has 2 rings (SSSR count). The fourth-order valence-electron chi connectivity index (χ4n) is 2.24. The van der Waals surface area contributed by atoms with E-state index in [0.29, 0.717) is 15.7 Å². The maximum atomic E-state index is 11.9. The monoisotopic (exact) mass is 364 g/mol. The number of carbonyl (C=O) groups is 1. The zero-order chi connectivity index (χ0) is 13.8. The van der Waals surface area contributed by atoms with Crippen molar-refractivity contribution < 1.29 is 4.79 Å².